The zero-order valence-corrected chi connectivity index (χ0v) is 13.1. The normalized spacial score (nSPS) is 11.4. The molecule has 0 radical (unpaired) electrons. The van der Waals surface area contributed by atoms with Crippen molar-refractivity contribution in [2.45, 2.75) is 20.1 Å². The van der Waals surface area contributed by atoms with E-state index < -0.39 is 18.2 Å². The molecule has 0 N–H and O–H groups in total. The van der Waals surface area contributed by atoms with Crippen LogP contribution in [0.5, 0.6) is 0 Å². The summed E-state index contributed by atoms with van der Waals surface area (Å²) in [7, 11) is 0. The van der Waals surface area contributed by atoms with Crippen molar-refractivity contribution in [2.24, 2.45) is 0 Å². The first kappa shape index (κ1) is 16.5. The molecule has 2 aromatic rings. The fraction of sp³-hybridized carbons (Fsp3) is 0.158. The third-order valence-electron chi connectivity index (χ3n) is 3.13. The lowest BCUT2D eigenvalue weighted by Crippen LogP contribution is -2.22. The molecule has 0 saturated carbocycles. The number of carbonyl (C=O) groups is 2. The number of carbonyl (C=O) groups excluding carboxylic acids is 2. The molecule has 0 spiro atoms. The predicted octanol–water partition coefficient (Wildman–Crippen LogP) is 3.98. The van der Waals surface area contributed by atoms with E-state index in [1.807, 2.05) is 42.5 Å². The van der Waals surface area contributed by atoms with E-state index in [0.29, 0.717) is 5.56 Å². The van der Waals surface area contributed by atoms with Gasteiger partial charge in [-0.25, -0.2) is 9.59 Å². The molecule has 0 aromatic heterocycles. The van der Waals surface area contributed by atoms with Crippen molar-refractivity contribution < 1.29 is 19.1 Å². The average molecular weight is 310 g/mol. The smallest absolute Gasteiger partial charge is 0.341 e. The van der Waals surface area contributed by atoms with Gasteiger partial charge >= 0.3 is 11.9 Å². The van der Waals surface area contributed by atoms with E-state index in [1.165, 1.54) is 13.8 Å². The van der Waals surface area contributed by atoms with E-state index in [-0.39, 0.29) is 5.57 Å². The highest BCUT2D eigenvalue weighted by atomic mass is 16.7. The Hall–Kier alpha value is -2.88. The minimum atomic E-state index is -0.990. The third kappa shape index (κ3) is 4.30. The van der Waals surface area contributed by atoms with Crippen LogP contribution in [0.3, 0.4) is 0 Å². The number of hydrogen-bond acceptors (Lipinski definition) is 4. The molecule has 0 bridgehead atoms. The Labute approximate surface area is 135 Å². The van der Waals surface area contributed by atoms with Crippen LogP contribution in [0, 0.1) is 0 Å². The molecular weight excluding hydrogens is 292 g/mol. The molecular formula is C19H18O4. The molecule has 4 nitrogen and oxygen atoms in total. The first-order valence-corrected chi connectivity index (χ1v) is 7.21. The number of ether oxygens (including phenoxy) is 2. The Morgan fingerprint density at radius 1 is 0.957 bits per heavy atom. The topological polar surface area (TPSA) is 52.6 Å². The van der Waals surface area contributed by atoms with Gasteiger partial charge in [0.2, 0.25) is 6.29 Å². The Morgan fingerprint density at radius 2 is 1.57 bits per heavy atom. The van der Waals surface area contributed by atoms with Gasteiger partial charge in [-0.15, -0.1) is 0 Å². The number of benzene rings is 2. The zero-order chi connectivity index (χ0) is 16.8. The first-order chi connectivity index (χ1) is 11.0. The highest BCUT2D eigenvalue weighted by molar-refractivity contribution is 5.97. The van der Waals surface area contributed by atoms with Gasteiger partial charge in [-0.3, -0.25) is 0 Å². The predicted molar refractivity (Wildman–Crippen MR) is 87.7 cm³/mol. The maximum absolute atomic E-state index is 12.4. The quantitative estimate of drug-likeness (QED) is 0.476. The monoisotopic (exact) mass is 310 g/mol. The van der Waals surface area contributed by atoms with Crippen molar-refractivity contribution in [3.8, 4) is 11.1 Å². The highest BCUT2D eigenvalue weighted by Crippen LogP contribution is 2.24. The van der Waals surface area contributed by atoms with Crippen molar-refractivity contribution >= 4 is 11.9 Å². The summed E-state index contributed by atoms with van der Waals surface area (Å²) in [4.78, 5) is 23.8. The van der Waals surface area contributed by atoms with Crippen molar-refractivity contribution in [2.75, 3.05) is 0 Å². The molecule has 4 heteroatoms. The second-order valence-electron chi connectivity index (χ2n) is 5.07. The fourth-order valence-corrected chi connectivity index (χ4v) is 2.02. The van der Waals surface area contributed by atoms with Crippen LogP contribution in [-0.4, -0.2) is 18.2 Å². The Morgan fingerprint density at radius 3 is 2.22 bits per heavy atom. The fourth-order valence-electron chi connectivity index (χ4n) is 2.02. The number of hydrogen-bond donors (Lipinski definition) is 0. The minimum Gasteiger partial charge on any atom is -0.422 e. The number of esters is 2. The first-order valence-electron chi connectivity index (χ1n) is 7.21. The van der Waals surface area contributed by atoms with Gasteiger partial charge < -0.3 is 9.47 Å². The molecule has 0 aliphatic rings. The van der Waals surface area contributed by atoms with Crippen molar-refractivity contribution in [3.63, 3.8) is 0 Å². The van der Waals surface area contributed by atoms with Crippen molar-refractivity contribution in [1.82, 2.24) is 0 Å². The van der Waals surface area contributed by atoms with Gasteiger partial charge in [0, 0.05) is 12.5 Å². The molecule has 0 heterocycles. The van der Waals surface area contributed by atoms with Gasteiger partial charge in [0.25, 0.3) is 0 Å². The van der Waals surface area contributed by atoms with Crippen LogP contribution in [-0.2, 0) is 14.3 Å². The lowest BCUT2D eigenvalue weighted by molar-refractivity contribution is -0.160. The summed E-state index contributed by atoms with van der Waals surface area (Å²) in [5.74, 6) is -1.15. The Bertz CT molecular complexity index is 719. The lowest BCUT2D eigenvalue weighted by Gasteiger charge is -2.15. The summed E-state index contributed by atoms with van der Waals surface area (Å²) in [5, 5.41) is 0. The Balaban J connectivity index is 2.17. The van der Waals surface area contributed by atoms with Crippen molar-refractivity contribution in [1.29, 1.82) is 0 Å². The molecule has 0 amide bonds. The average Bonchev–Trinajstić information content (AvgIpc) is 2.55. The molecule has 2 rings (SSSR count). The molecule has 0 aliphatic heterocycles. The maximum atomic E-state index is 12.4. The maximum Gasteiger partial charge on any atom is 0.341 e. The van der Waals surface area contributed by atoms with E-state index >= 15 is 0 Å². The van der Waals surface area contributed by atoms with Crippen LogP contribution in [0.15, 0.2) is 66.7 Å². The molecule has 0 aliphatic carbocycles. The molecule has 1 unspecified atom stereocenters. The Kier molecular flexibility index (Phi) is 5.31. The summed E-state index contributed by atoms with van der Waals surface area (Å²) < 4.78 is 10.2. The van der Waals surface area contributed by atoms with Gasteiger partial charge in [0.15, 0.2) is 0 Å². The zero-order valence-electron chi connectivity index (χ0n) is 13.1. The summed E-state index contributed by atoms with van der Waals surface area (Å²) >= 11 is 0. The second-order valence-corrected chi connectivity index (χ2v) is 5.07. The van der Waals surface area contributed by atoms with Gasteiger partial charge in [0.1, 0.15) is 0 Å². The van der Waals surface area contributed by atoms with Crippen LogP contribution in [0.1, 0.15) is 24.2 Å². The van der Waals surface area contributed by atoms with Gasteiger partial charge in [0.05, 0.1) is 5.56 Å². The van der Waals surface area contributed by atoms with Crippen LogP contribution in [0.4, 0.5) is 0 Å². The van der Waals surface area contributed by atoms with E-state index in [9.17, 15) is 9.59 Å². The molecule has 23 heavy (non-hydrogen) atoms. The molecule has 1 atom stereocenters. The van der Waals surface area contributed by atoms with E-state index in [2.05, 4.69) is 6.58 Å². The lowest BCUT2D eigenvalue weighted by atomic mass is 10.00. The van der Waals surface area contributed by atoms with Crippen LogP contribution in [0.25, 0.3) is 11.1 Å². The van der Waals surface area contributed by atoms with Crippen LogP contribution >= 0.6 is 0 Å². The second kappa shape index (κ2) is 7.40. The standard InChI is InChI=1S/C19H18O4/c1-13(2)18(20)22-14(3)23-19(21)17-12-8-7-11-16(17)15-9-5-4-6-10-15/h4-12,14H,1H2,2-3H3. The largest absolute Gasteiger partial charge is 0.422 e. The van der Waals surface area contributed by atoms with Gasteiger partial charge in [-0.2, -0.15) is 0 Å². The highest BCUT2D eigenvalue weighted by Gasteiger charge is 2.18. The van der Waals surface area contributed by atoms with Crippen molar-refractivity contribution in [3.05, 3.63) is 72.3 Å². The summed E-state index contributed by atoms with van der Waals surface area (Å²) in [6.45, 7) is 6.50. The SMILES string of the molecule is C=C(C)C(=O)OC(C)OC(=O)c1ccccc1-c1ccccc1. The number of rotatable bonds is 5. The summed E-state index contributed by atoms with van der Waals surface area (Å²) in [6, 6.07) is 16.7. The summed E-state index contributed by atoms with van der Waals surface area (Å²) in [6.07, 6.45) is -0.990. The summed E-state index contributed by atoms with van der Waals surface area (Å²) in [5.41, 5.74) is 2.33. The third-order valence-corrected chi connectivity index (χ3v) is 3.13. The van der Waals surface area contributed by atoms with Crippen LogP contribution in [0.2, 0.25) is 0 Å². The molecule has 2 aromatic carbocycles. The van der Waals surface area contributed by atoms with Gasteiger partial charge in [-0.05, 0) is 24.1 Å². The van der Waals surface area contributed by atoms with Crippen LogP contribution < -0.4 is 0 Å². The minimum absolute atomic E-state index is 0.248. The molecule has 0 saturated heterocycles. The molecule has 118 valence electrons. The van der Waals surface area contributed by atoms with Gasteiger partial charge in [-0.1, -0.05) is 55.1 Å². The van der Waals surface area contributed by atoms with E-state index in [4.69, 9.17) is 9.47 Å². The molecule has 0 fully saturated rings. The van der Waals surface area contributed by atoms with E-state index in [0.717, 1.165) is 11.1 Å². The van der Waals surface area contributed by atoms with E-state index in [1.54, 1.807) is 12.1 Å².